The number of carbonyl (C=O) groups is 2. The van der Waals surface area contributed by atoms with Gasteiger partial charge in [0.1, 0.15) is 11.4 Å². The average molecular weight is 505 g/mol. The highest BCUT2D eigenvalue weighted by atomic mass is 16.6. The van der Waals surface area contributed by atoms with Crippen molar-refractivity contribution in [3.05, 3.63) is 65.4 Å². The SMILES string of the molecule is CCOC(=O)C(C)(C)Oc1ccc(CNC(=O)c2cc(-c3cccc(N4CCCC4)c3)nn2C)cc1C. The van der Waals surface area contributed by atoms with Crippen molar-refractivity contribution in [2.45, 2.75) is 52.7 Å². The van der Waals surface area contributed by atoms with E-state index < -0.39 is 11.6 Å². The molecule has 1 N–H and O–H groups in total. The number of nitrogens with zero attached hydrogens (tertiary/aromatic N) is 3. The first-order valence-corrected chi connectivity index (χ1v) is 12.8. The third-order valence-electron chi connectivity index (χ3n) is 6.55. The van der Waals surface area contributed by atoms with Gasteiger partial charge in [-0.15, -0.1) is 0 Å². The lowest BCUT2D eigenvalue weighted by Crippen LogP contribution is -2.39. The van der Waals surface area contributed by atoms with E-state index in [-0.39, 0.29) is 5.91 Å². The van der Waals surface area contributed by atoms with Crippen LogP contribution >= 0.6 is 0 Å². The number of anilines is 1. The third-order valence-corrected chi connectivity index (χ3v) is 6.55. The molecule has 37 heavy (non-hydrogen) atoms. The average Bonchev–Trinajstić information content (AvgIpc) is 3.54. The standard InChI is InChI=1S/C29H36N4O4/c1-6-36-28(35)29(3,4)37-26-13-12-21(16-20(26)2)19-30-27(34)25-18-24(31-32(25)5)22-10-9-11-23(17-22)33-14-7-8-15-33/h9-13,16-18H,6-8,14-15,19H2,1-5H3,(H,30,34). The summed E-state index contributed by atoms with van der Waals surface area (Å²) in [7, 11) is 1.78. The summed E-state index contributed by atoms with van der Waals surface area (Å²) in [4.78, 5) is 27.5. The van der Waals surface area contributed by atoms with Gasteiger partial charge in [0, 0.05) is 37.9 Å². The molecule has 1 amide bonds. The number of benzene rings is 2. The zero-order valence-corrected chi connectivity index (χ0v) is 22.3. The quantitative estimate of drug-likeness (QED) is 0.427. The minimum absolute atomic E-state index is 0.196. The number of carbonyl (C=O) groups excluding carboxylic acids is 2. The molecule has 1 aromatic heterocycles. The molecule has 1 saturated heterocycles. The van der Waals surface area contributed by atoms with Gasteiger partial charge in [-0.3, -0.25) is 9.48 Å². The highest BCUT2D eigenvalue weighted by Gasteiger charge is 2.32. The van der Waals surface area contributed by atoms with Crippen LogP contribution in [0, 0.1) is 6.92 Å². The van der Waals surface area contributed by atoms with Crippen LogP contribution in [0.25, 0.3) is 11.3 Å². The zero-order valence-electron chi connectivity index (χ0n) is 22.3. The number of ether oxygens (including phenoxy) is 2. The lowest BCUT2D eigenvalue weighted by molar-refractivity contribution is -0.158. The first-order valence-electron chi connectivity index (χ1n) is 12.8. The van der Waals surface area contributed by atoms with Crippen LogP contribution in [-0.4, -0.2) is 47.0 Å². The van der Waals surface area contributed by atoms with E-state index in [4.69, 9.17) is 9.47 Å². The Labute approximate surface area is 218 Å². The fourth-order valence-corrected chi connectivity index (χ4v) is 4.49. The van der Waals surface area contributed by atoms with Crippen molar-refractivity contribution in [2.24, 2.45) is 7.05 Å². The zero-order chi connectivity index (χ0) is 26.6. The minimum Gasteiger partial charge on any atom is -0.476 e. The van der Waals surface area contributed by atoms with Crippen molar-refractivity contribution in [1.82, 2.24) is 15.1 Å². The monoisotopic (exact) mass is 504 g/mol. The number of amides is 1. The van der Waals surface area contributed by atoms with Crippen LogP contribution in [0.1, 0.15) is 55.2 Å². The van der Waals surface area contributed by atoms with Crippen molar-refractivity contribution in [1.29, 1.82) is 0 Å². The van der Waals surface area contributed by atoms with Gasteiger partial charge in [-0.1, -0.05) is 24.3 Å². The van der Waals surface area contributed by atoms with Crippen LogP contribution in [0.5, 0.6) is 5.75 Å². The molecule has 2 aromatic carbocycles. The maximum absolute atomic E-state index is 13.0. The van der Waals surface area contributed by atoms with Gasteiger partial charge in [-0.05, 0) is 75.9 Å². The van der Waals surface area contributed by atoms with Gasteiger partial charge in [0.05, 0.1) is 12.3 Å². The summed E-state index contributed by atoms with van der Waals surface area (Å²) in [5.74, 6) is -0.0111. The van der Waals surface area contributed by atoms with Crippen LogP contribution < -0.4 is 15.0 Å². The van der Waals surface area contributed by atoms with Gasteiger partial charge in [0.2, 0.25) is 0 Å². The molecule has 8 heteroatoms. The number of rotatable bonds is 9. The molecule has 0 unspecified atom stereocenters. The van der Waals surface area contributed by atoms with E-state index in [1.165, 1.54) is 18.5 Å². The summed E-state index contributed by atoms with van der Waals surface area (Å²) in [6.45, 7) is 9.85. The van der Waals surface area contributed by atoms with Gasteiger partial charge >= 0.3 is 5.97 Å². The van der Waals surface area contributed by atoms with E-state index in [2.05, 4.69) is 27.4 Å². The molecule has 1 aliphatic rings. The summed E-state index contributed by atoms with van der Waals surface area (Å²) in [6.07, 6.45) is 2.44. The fourth-order valence-electron chi connectivity index (χ4n) is 4.49. The molecule has 2 heterocycles. The Morgan fingerprint density at radius 1 is 1.08 bits per heavy atom. The van der Waals surface area contributed by atoms with Crippen LogP contribution in [0.4, 0.5) is 5.69 Å². The Kier molecular flexibility index (Phi) is 7.86. The minimum atomic E-state index is -1.10. The molecule has 1 aliphatic heterocycles. The van der Waals surface area contributed by atoms with Crippen molar-refractivity contribution in [3.8, 4) is 17.0 Å². The number of nitrogens with one attached hydrogen (secondary N) is 1. The van der Waals surface area contributed by atoms with E-state index in [0.29, 0.717) is 24.6 Å². The van der Waals surface area contributed by atoms with Gasteiger partial charge in [0.15, 0.2) is 5.60 Å². The van der Waals surface area contributed by atoms with Gasteiger partial charge in [0.25, 0.3) is 5.91 Å². The van der Waals surface area contributed by atoms with E-state index in [1.54, 1.807) is 32.5 Å². The molecule has 0 bridgehead atoms. The lowest BCUT2D eigenvalue weighted by Gasteiger charge is -2.25. The Balaban J connectivity index is 1.40. The van der Waals surface area contributed by atoms with Crippen molar-refractivity contribution >= 4 is 17.6 Å². The highest BCUT2D eigenvalue weighted by Crippen LogP contribution is 2.27. The van der Waals surface area contributed by atoms with Crippen LogP contribution in [0.2, 0.25) is 0 Å². The molecule has 0 aliphatic carbocycles. The number of aromatic nitrogens is 2. The molecular formula is C29H36N4O4. The second-order valence-corrected chi connectivity index (χ2v) is 9.90. The summed E-state index contributed by atoms with van der Waals surface area (Å²) in [5.41, 5.74) is 4.15. The first-order chi connectivity index (χ1) is 17.7. The molecule has 3 aromatic rings. The van der Waals surface area contributed by atoms with Crippen LogP contribution in [-0.2, 0) is 23.1 Å². The molecule has 1 fully saturated rings. The fraction of sp³-hybridized carbons (Fsp3) is 0.414. The number of hydrogen-bond acceptors (Lipinski definition) is 6. The van der Waals surface area contributed by atoms with Gasteiger partial charge in [-0.25, -0.2) is 4.79 Å². The largest absolute Gasteiger partial charge is 0.476 e. The molecular weight excluding hydrogens is 468 g/mol. The van der Waals surface area contributed by atoms with Crippen molar-refractivity contribution in [2.75, 3.05) is 24.6 Å². The Bertz CT molecular complexity index is 1270. The number of esters is 1. The predicted octanol–water partition coefficient (Wildman–Crippen LogP) is 4.65. The van der Waals surface area contributed by atoms with Crippen molar-refractivity contribution in [3.63, 3.8) is 0 Å². The maximum Gasteiger partial charge on any atom is 0.349 e. The Morgan fingerprint density at radius 3 is 2.54 bits per heavy atom. The highest BCUT2D eigenvalue weighted by molar-refractivity contribution is 5.93. The molecule has 196 valence electrons. The van der Waals surface area contributed by atoms with Crippen LogP contribution in [0.15, 0.2) is 48.5 Å². The summed E-state index contributed by atoms with van der Waals surface area (Å²) >= 11 is 0. The lowest BCUT2D eigenvalue weighted by atomic mass is 10.1. The summed E-state index contributed by atoms with van der Waals surface area (Å²) in [5, 5.41) is 7.58. The normalized spacial score (nSPS) is 13.5. The third kappa shape index (κ3) is 6.13. The Hall–Kier alpha value is -3.81. The van der Waals surface area contributed by atoms with E-state index >= 15 is 0 Å². The molecule has 0 atom stereocenters. The van der Waals surface area contributed by atoms with E-state index in [0.717, 1.165) is 35.5 Å². The molecule has 0 saturated carbocycles. The van der Waals surface area contributed by atoms with Crippen molar-refractivity contribution < 1.29 is 19.1 Å². The van der Waals surface area contributed by atoms with Gasteiger partial charge < -0.3 is 19.7 Å². The number of aryl methyl sites for hydroxylation is 2. The molecule has 4 rings (SSSR count). The van der Waals surface area contributed by atoms with Crippen LogP contribution in [0.3, 0.4) is 0 Å². The topological polar surface area (TPSA) is 85.7 Å². The van der Waals surface area contributed by atoms with E-state index in [1.807, 2.05) is 43.3 Å². The maximum atomic E-state index is 13.0. The second-order valence-electron chi connectivity index (χ2n) is 9.90. The molecule has 0 spiro atoms. The van der Waals surface area contributed by atoms with Gasteiger partial charge in [-0.2, -0.15) is 5.10 Å². The molecule has 8 nitrogen and oxygen atoms in total. The predicted molar refractivity (Wildman–Crippen MR) is 144 cm³/mol. The van der Waals surface area contributed by atoms with E-state index in [9.17, 15) is 9.59 Å². The molecule has 0 radical (unpaired) electrons. The summed E-state index contributed by atoms with van der Waals surface area (Å²) in [6, 6.07) is 15.8. The Morgan fingerprint density at radius 2 is 1.84 bits per heavy atom. The number of hydrogen-bond donors (Lipinski definition) is 1. The first kappa shape index (κ1) is 26.3. The summed E-state index contributed by atoms with van der Waals surface area (Å²) < 4.78 is 12.6. The second kappa shape index (κ2) is 11.1. The smallest absolute Gasteiger partial charge is 0.349 e.